The van der Waals surface area contributed by atoms with E-state index in [2.05, 4.69) is 29.1 Å². The molecule has 0 radical (unpaired) electrons. The van der Waals surface area contributed by atoms with E-state index in [0.717, 1.165) is 31.6 Å². The maximum atomic E-state index is 12.5. The standard InChI is InChI=1S/C17H22N4O/c1-3-12-21(13-4-2)16(22)15-10-11-18-17(20-15)19-14-8-6-5-7-9-14/h5-11H,3-4,12-13H2,1-2H3,(H,18,19,20). The molecule has 0 spiro atoms. The first-order valence-corrected chi connectivity index (χ1v) is 7.69. The van der Waals surface area contributed by atoms with Gasteiger partial charge in [-0.3, -0.25) is 4.79 Å². The predicted octanol–water partition coefficient (Wildman–Crippen LogP) is 3.48. The summed E-state index contributed by atoms with van der Waals surface area (Å²) in [7, 11) is 0. The Labute approximate surface area is 131 Å². The molecule has 116 valence electrons. The molecule has 1 aromatic heterocycles. The molecule has 0 unspecified atom stereocenters. The van der Waals surface area contributed by atoms with E-state index in [1.807, 2.05) is 35.2 Å². The third-order valence-electron chi connectivity index (χ3n) is 3.18. The number of anilines is 2. The first kappa shape index (κ1) is 15.9. The molecule has 1 aromatic carbocycles. The Morgan fingerprint density at radius 3 is 2.41 bits per heavy atom. The average molecular weight is 298 g/mol. The Morgan fingerprint density at radius 2 is 1.77 bits per heavy atom. The molecule has 0 saturated carbocycles. The lowest BCUT2D eigenvalue weighted by atomic mass is 10.3. The van der Waals surface area contributed by atoms with Crippen molar-refractivity contribution in [1.29, 1.82) is 0 Å². The molecule has 0 fully saturated rings. The lowest BCUT2D eigenvalue weighted by Gasteiger charge is -2.21. The van der Waals surface area contributed by atoms with Crippen LogP contribution in [0.2, 0.25) is 0 Å². The van der Waals surface area contributed by atoms with Crippen LogP contribution in [-0.4, -0.2) is 33.9 Å². The number of hydrogen-bond donors (Lipinski definition) is 1. The van der Waals surface area contributed by atoms with Gasteiger partial charge >= 0.3 is 0 Å². The van der Waals surface area contributed by atoms with E-state index in [1.54, 1.807) is 12.3 Å². The van der Waals surface area contributed by atoms with Crippen LogP contribution in [0.4, 0.5) is 11.6 Å². The molecular weight excluding hydrogens is 276 g/mol. The average Bonchev–Trinajstić information content (AvgIpc) is 2.55. The molecule has 2 aromatic rings. The van der Waals surface area contributed by atoms with Gasteiger partial charge in [0.15, 0.2) is 0 Å². The second-order valence-electron chi connectivity index (χ2n) is 5.05. The Hall–Kier alpha value is -2.43. The zero-order valence-electron chi connectivity index (χ0n) is 13.1. The fourth-order valence-corrected chi connectivity index (χ4v) is 2.21. The first-order valence-electron chi connectivity index (χ1n) is 7.69. The summed E-state index contributed by atoms with van der Waals surface area (Å²) in [5.41, 5.74) is 1.32. The minimum Gasteiger partial charge on any atom is -0.337 e. The molecule has 0 saturated heterocycles. The Bertz CT molecular complexity index is 595. The second-order valence-corrected chi connectivity index (χ2v) is 5.05. The van der Waals surface area contributed by atoms with Gasteiger partial charge < -0.3 is 10.2 Å². The van der Waals surface area contributed by atoms with Crippen LogP contribution in [-0.2, 0) is 0 Å². The van der Waals surface area contributed by atoms with E-state index in [-0.39, 0.29) is 5.91 Å². The fraction of sp³-hybridized carbons (Fsp3) is 0.353. The second kappa shape index (κ2) is 8.12. The Balaban J connectivity index is 2.14. The molecule has 0 aliphatic rings. The van der Waals surface area contributed by atoms with Crippen molar-refractivity contribution in [3.63, 3.8) is 0 Å². The molecular formula is C17H22N4O. The normalized spacial score (nSPS) is 10.3. The number of aromatic nitrogens is 2. The summed E-state index contributed by atoms with van der Waals surface area (Å²) in [6, 6.07) is 11.3. The number of carbonyl (C=O) groups excluding carboxylic acids is 1. The number of hydrogen-bond acceptors (Lipinski definition) is 4. The molecule has 22 heavy (non-hydrogen) atoms. The van der Waals surface area contributed by atoms with Crippen molar-refractivity contribution in [3.05, 3.63) is 48.3 Å². The van der Waals surface area contributed by atoms with Gasteiger partial charge in [-0.2, -0.15) is 0 Å². The van der Waals surface area contributed by atoms with Crippen LogP contribution < -0.4 is 5.32 Å². The van der Waals surface area contributed by atoms with Crippen LogP contribution in [0.25, 0.3) is 0 Å². The van der Waals surface area contributed by atoms with E-state index >= 15 is 0 Å². The maximum absolute atomic E-state index is 12.5. The van der Waals surface area contributed by atoms with E-state index < -0.39 is 0 Å². The molecule has 0 atom stereocenters. The van der Waals surface area contributed by atoms with E-state index in [4.69, 9.17) is 0 Å². The van der Waals surface area contributed by atoms with Gasteiger partial charge in [0.2, 0.25) is 5.95 Å². The number of rotatable bonds is 7. The zero-order chi connectivity index (χ0) is 15.8. The minimum absolute atomic E-state index is 0.0396. The van der Waals surface area contributed by atoms with Crippen LogP contribution in [0.15, 0.2) is 42.6 Å². The topological polar surface area (TPSA) is 58.1 Å². The van der Waals surface area contributed by atoms with Crippen molar-refractivity contribution >= 4 is 17.5 Å². The molecule has 1 heterocycles. The number of amides is 1. The molecule has 5 nitrogen and oxygen atoms in total. The lowest BCUT2D eigenvalue weighted by Crippen LogP contribution is -2.33. The van der Waals surface area contributed by atoms with Crippen molar-refractivity contribution < 1.29 is 4.79 Å². The van der Waals surface area contributed by atoms with Crippen LogP contribution in [0.1, 0.15) is 37.2 Å². The highest BCUT2D eigenvalue weighted by Gasteiger charge is 2.16. The monoisotopic (exact) mass is 298 g/mol. The van der Waals surface area contributed by atoms with Crippen LogP contribution >= 0.6 is 0 Å². The van der Waals surface area contributed by atoms with Gasteiger partial charge in [0.25, 0.3) is 5.91 Å². The lowest BCUT2D eigenvalue weighted by molar-refractivity contribution is 0.0749. The summed E-state index contributed by atoms with van der Waals surface area (Å²) in [5.74, 6) is 0.396. The molecule has 1 N–H and O–H groups in total. The van der Waals surface area contributed by atoms with Gasteiger partial charge in [-0.05, 0) is 31.0 Å². The predicted molar refractivity (Wildman–Crippen MR) is 88.2 cm³/mol. The summed E-state index contributed by atoms with van der Waals surface area (Å²) in [5, 5.41) is 3.11. The summed E-state index contributed by atoms with van der Waals surface area (Å²) >= 11 is 0. The SMILES string of the molecule is CCCN(CCC)C(=O)c1ccnc(Nc2ccccc2)n1. The summed E-state index contributed by atoms with van der Waals surface area (Å²) in [6.45, 7) is 5.63. The summed E-state index contributed by atoms with van der Waals surface area (Å²) in [4.78, 5) is 22.9. The van der Waals surface area contributed by atoms with Crippen molar-refractivity contribution in [2.24, 2.45) is 0 Å². The number of para-hydroxylation sites is 1. The highest BCUT2D eigenvalue weighted by Crippen LogP contribution is 2.12. The number of nitrogens with zero attached hydrogens (tertiary/aromatic N) is 3. The number of nitrogens with one attached hydrogen (secondary N) is 1. The number of carbonyl (C=O) groups is 1. The van der Waals surface area contributed by atoms with Crippen molar-refractivity contribution in [2.45, 2.75) is 26.7 Å². The van der Waals surface area contributed by atoms with E-state index in [0.29, 0.717) is 11.6 Å². The third-order valence-corrected chi connectivity index (χ3v) is 3.18. The number of benzene rings is 1. The Kier molecular flexibility index (Phi) is 5.89. The Morgan fingerprint density at radius 1 is 1.09 bits per heavy atom. The zero-order valence-corrected chi connectivity index (χ0v) is 13.1. The molecule has 0 aliphatic heterocycles. The highest BCUT2D eigenvalue weighted by atomic mass is 16.2. The third kappa shape index (κ3) is 4.28. The van der Waals surface area contributed by atoms with Gasteiger partial charge in [0.1, 0.15) is 5.69 Å². The largest absolute Gasteiger partial charge is 0.337 e. The molecule has 0 bridgehead atoms. The fourth-order valence-electron chi connectivity index (χ4n) is 2.21. The van der Waals surface area contributed by atoms with Gasteiger partial charge in [-0.25, -0.2) is 9.97 Å². The molecule has 1 amide bonds. The van der Waals surface area contributed by atoms with Crippen LogP contribution in [0.3, 0.4) is 0 Å². The minimum atomic E-state index is -0.0396. The van der Waals surface area contributed by atoms with Crippen molar-refractivity contribution in [1.82, 2.24) is 14.9 Å². The van der Waals surface area contributed by atoms with E-state index in [1.165, 1.54) is 0 Å². The maximum Gasteiger partial charge on any atom is 0.272 e. The molecule has 5 heteroatoms. The van der Waals surface area contributed by atoms with E-state index in [9.17, 15) is 4.79 Å². The first-order chi connectivity index (χ1) is 10.7. The summed E-state index contributed by atoms with van der Waals surface area (Å²) in [6.07, 6.45) is 3.49. The van der Waals surface area contributed by atoms with Crippen molar-refractivity contribution in [3.8, 4) is 0 Å². The smallest absolute Gasteiger partial charge is 0.272 e. The van der Waals surface area contributed by atoms with Gasteiger partial charge in [0.05, 0.1) is 0 Å². The van der Waals surface area contributed by atoms with Gasteiger partial charge in [0, 0.05) is 25.0 Å². The quantitative estimate of drug-likeness (QED) is 0.850. The van der Waals surface area contributed by atoms with Crippen LogP contribution in [0.5, 0.6) is 0 Å². The van der Waals surface area contributed by atoms with Crippen LogP contribution in [0, 0.1) is 0 Å². The van der Waals surface area contributed by atoms with Crippen molar-refractivity contribution in [2.75, 3.05) is 18.4 Å². The molecule has 0 aliphatic carbocycles. The van der Waals surface area contributed by atoms with Gasteiger partial charge in [-0.15, -0.1) is 0 Å². The molecule has 2 rings (SSSR count). The highest BCUT2D eigenvalue weighted by molar-refractivity contribution is 5.92. The summed E-state index contributed by atoms with van der Waals surface area (Å²) < 4.78 is 0. The van der Waals surface area contributed by atoms with Gasteiger partial charge in [-0.1, -0.05) is 32.0 Å².